The molecule has 10 heteroatoms. The lowest BCUT2D eigenvalue weighted by atomic mass is 9.98. The molecule has 0 radical (unpaired) electrons. The molecule has 0 aromatic heterocycles. The molecule has 0 saturated carbocycles. The van der Waals surface area contributed by atoms with Crippen LogP contribution in [0, 0.1) is 17.6 Å². The summed E-state index contributed by atoms with van der Waals surface area (Å²) in [7, 11) is -3.98. The van der Waals surface area contributed by atoms with Crippen molar-refractivity contribution in [3.05, 3.63) is 53.1 Å². The van der Waals surface area contributed by atoms with Crippen LogP contribution in [-0.4, -0.2) is 38.3 Å². The largest absolute Gasteiger partial charge is 0.492 e. The average Bonchev–Trinajstić information content (AvgIpc) is 2.72. The first-order valence-corrected chi connectivity index (χ1v) is 11.2. The van der Waals surface area contributed by atoms with Crippen LogP contribution in [0.25, 0.3) is 0 Å². The van der Waals surface area contributed by atoms with E-state index in [0.717, 1.165) is 18.2 Å². The van der Waals surface area contributed by atoms with Crippen molar-refractivity contribution in [2.75, 3.05) is 25.0 Å². The summed E-state index contributed by atoms with van der Waals surface area (Å²) in [5.74, 6) is -2.58. The highest BCUT2D eigenvalue weighted by atomic mass is 35.5. The first-order chi connectivity index (χ1) is 14.2. The molecule has 0 spiro atoms. The topological polar surface area (TPSA) is 75.7 Å². The molecule has 1 aliphatic rings. The maximum Gasteiger partial charge on any atom is 0.246 e. The number of sulfonamides is 1. The molecule has 30 heavy (non-hydrogen) atoms. The second kappa shape index (κ2) is 9.28. The van der Waals surface area contributed by atoms with Gasteiger partial charge in [-0.15, -0.1) is 0 Å². The van der Waals surface area contributed by atoms with Crippen LogP contribution in [0.4, 0.5) is 14.5 Å². The number of piperidine rings is 1. The number of carbonyl (C=O) groups is 1. The Labute approximate surface area is 178 Å². The van der Waals surface area contributed by atoms with Gasteiger partial charge >= 0.3 is 0 Å². The van der Waals surface area contributed by atoms with Crippen LogP contribution in [0.2, 0.25) is 5.02 Å². The van der Waals surface area contributed by atoms with Gasteiger partial charge in [0.25, 0.3) is 0 Å². The summed E-state index contributed by atoms with van der Waals surface area (Å²) >= 11 is 5.99. The number of ether oxygens (including phenoxy) is 1. The van der Waals surface area contributed by atoms with Gasteiger partial charge in [0.15, 0.2) is 0 Å². The Morgan fingerprint density at radius 2 is 2.03 bits per heavy atom. The average molecular weight is 459 g/mol. The van der Waals surface area contributed by atoms with Crippen LogP contribution in [0.3, 0.4) is 0 Å². The summed E-state index contributed by atoms with van der Waals surface area (Å²) < 4.78 is 60.2. The lowest BCUT2D eigenvalue weighted by molar-refractivity contribution is -0.120. The van der Waals surface area contributed by atoms with Gasteiger partial charge in [-0.2, -0.15) is 4.31 Å². The van der Waals surface area contributed by atoms with Crippen LogP contribution in [-0.2, 0) is 14.8 Å². The molecule has 1 heterocycles. The number of halogens is 3. The van der Waals surface area contributed by atoms with E-state index in [1.54, 1.807) is 6.92 Å². The molecule has 2 aromatic rings. The summed E-state index contributed by atoms with van der Waals surface area (Å²) in [6, 6.07) is 7.07. The number of amides is 1. The van der Waals surface area contributed by atoms with Gasteiger partial charge in [-0.3, -0.25) is 4.79 Å². The lowest BCUT2D eigenvalue weighted by Crippen LogP contribution is -2.43. The van der Waals surface area contributed by atoms with E-state index in [4.69, 9.17) is 16.3 Å². The Balaban J connectivity index is 1.81. The molecule has 1 N–H and O–H groups in total. The molecule has 1 aliphatic heterocycles. The van der Waals surface area contributed by atoms with E-state index < -0.39 is 33.5 Å². The van der Waals surface area contributed by atoms with Crippen LogP contribution >= 0.6 is 11.6 Å². The van der Waals surface area contributed by atoms with Crippen molar-refractivity contribution < 1.29 is 26.7 Å². The molecule has 1 fully saturated rings. The fourth-order valence-corrected chi connectivity index (χ4v) is 5.22. The summed E-state index contributed by atoms with van der Waals surface area (Å²) in [6.45, 7) is 2.13. The van der Waals surface area contributed by atoms with Crippen molar-refractivity contribution in [1.82, 2.24) is 4.31 Å². The van der Waals surface area contributed by atoms with Gasteiger partial charge in [0.2, 0.25) is 15.9 Å². The summed E-state index contributed by atoms with van der Waals surface area (Å²) in [5.41, 5.74) is -0.284. The summed E-state index contributed by atoms with van der Waals surface area (Å²) in [6.07, 6.45) is 0.857. The first kappa shape index (κ1) is 22.5. The first-order valence-electron chi connectivity index (χ1n) is 9.40. The normalized spacial score (nSPS) is 17.5. The standard InChI is InChI=1S/C20H21ClF2N2O4S/c1-2-29-18-8-5-14(21)10-19(18)30(27,28)25-9-3-4-13(12-25)20(26)24-17-11-15(22)6-7-16(17)23/h5-8,10-11,13H,2-4,9,12H2,1H3,(H,24,26)/t13-/m1/s1. The third-order valence-electron chi connectivity index (χ3n) is 4.76. The highest BCUT2D eigenvalue weighted by Gasteiger charge is 2.35. The molecule has 0 aliphatic carbocycles. The van der Waals surface area contributed by atoms with Crippen molar-refractivity contribution in [1.29, 1.82) is 0 Å². The van der Waals surface area contributed by atoms with Gasteiger partial charge in [-0.05, 0) is 50.1 Å². The van der Waals surface area contributed by atoms with Crippen molar-refractivity contribution in [2.24, 2.45) is 5.92 Å². The van der Waals surface area contributed by atoms with E-state index in [0.29, 0.717) is 12.8 Å². The summed E-state index contributed by atoms with van der Waals surface area (Å²) in [5, 5.41) is 2.59. The smallest absolute Gasteiger partial charge is 0.246 e. The van der Waals surface area contributed by atoms with Crippen LogP contribution < -0.4 is 10.1 Å². The molecular formula is C20H21ClF2N2O4S. The number of benzene rings is 2. The Kier molecular flexibility index (Phi) is 6.95. The Bertz CT molecular complexity index is 1050. The van der Waals surface area contributed by atoms with Gasteiger partial charge in [-0.1, -0.05) is 11.6 Å². The predicted molar refractivity (Wildman–Crippen MR) is 109 cm³/mol. The minimum Gasteiger partial charge on any atom is -0.492 e. The van der Waals surface area contributed by atoms with Crippen molar-refractivity contribution in [3.63, 3.8) is 0 Å². The van der Waals surface area contributed by atoms with Crippen molar-refractivity contribution in [2.45, 2.75) is 24.7 Å². The fourth-order valence-electron chi connectivity index (χ4n) is 3.30. The third-order valence-corrected chi connectivity index (χ3v) is 6.89. The highest BCUT2D eigenvalue weighted by molar-refractivity contribution is 7.89. The molecular weight excluding hydrogens is 438 g/mol. The second-order valence-corrected chi connectivity index (χ2v) is 9.18. The molecule has 1 amide bonds. The zero-order chi connectivity index (χ0) is 21.9. The molecule has 1 saturated heterocycles. The molecule has 162 valence electrons. The number of carbonyl (C=O) groups excluding carboxylic acids is 1. The second-order valence-electron chi connectivity index (χ2n) is 6.84. The monoisotopic (exact) mass is 458 g/mol. The molecule has 2 aromatic carbocycles. The minimum atomic E-state index is -3.98. The SMILES string of the molecule is CCOc1ccc(Cl)cc1S(=O)(=O)N1CCC[C@@H](C(=O)Nc2cc(F)ccc2F)C1. The zero-order valence-corrected chi connectivity index (χ0v) is 17.8. The Hall–Kier alpha value is -2.23. The van der Waals surface area contributed by atoms with E-state index in [2.05, 4.69) is 5.32 Å². The number of anilines is 1. The molecule has 0 bridgehead atoms. The maximum absolute atomic E-state index is 13.8. The minimum absolute atomic E-state index is 0.0749. The third kappa shape index (κ3) is 4.91. The van der Waals surface area contributed by atoms with Gasteiger partial charge < -0.3 is 10.1 Å². The maximum atomic E-state index is 13.8. The van der Waals surface area contributed by atoms with Crippen LogP contribution in [0.15, 0.2) is 41.3 Å². The van der Waals surface area contributed by atoms with Crippen molar-refractivity contribution >= 4 is 33.2 Å². The number of hydrogen-bond acceptors (Lipinski definition) is 4. The highest BCUT2D eigenvalue weighted by Crippen LogP contribution is 2.32. The Morgan fingerprint density at radius 1 is 1.27 bits per heavy atom. The van der Waals surface area contributed by atoms with Gasteiger partial charge in [0, 0.05) is 24.2 Å². The fraction of sp³-hybridized carbons (Fsp3) is 0.350. The van der Waals surface area contributed by atoms with E-state index in [-0.39, 0.29) is 41.1 Å². The summed E-state index contributed by atoms with van der Waals surface area (Å²) in [4.78, 5) is 12.5. The van der Waals surface area contributed by atoms with Crippen LogP contribution in [0.5, 0.6) is 5.75 Å². The quantitative estimate of drug-likeness (QED) is 0.708. The van der Waals surface area contributed by atoms with Gasteiger partial charge in [0.05, 0.1) is 18.2 Å². The zero-order valence-electron chi connectivity index (χ0n) is 16.2. The van der Waals surface area contributed by atoms with Crippen molar-refractivity contribution in [3.8, 4) is 5.75 Å². The molecule has 3 rings (SSSR count). The van der Waals surface area contributed by atoms with E-state index >= 15 is 0 Å². The molecule has 1 atom stereocenters. The van der Waals surface area contributed by atoms with Gasteiger partial charge in [-0.25, -0.2) is 17.2 Å². The number of rotatable bonds is 6. The van der Waals surface area contributed by atoms with E-state index in [1.807, 2.05) is 0 Å². The predicted octanol–water partition coefficient (Wildman–Crippen LogP) is 4.06. The molecule has 6 nitrogen and oxygen atoms in total. The lowest BCUT2D eigenvalue weighted by Gasteiger charge is -2.31. The Morgan fingerprint density at radius 3 is 2.77 bits per heavy atom. The van der Waals surface area contributed by atoms with E-state index in [9.17, 15) is 22.0 Å². The molecule has 0 unspecified atom stereocenters. The number of nitrogens with zero attached hydrogens (tertiary/aromatic N) is 1. The number of nitrogens with one attached hydrogen (secondary N) is 1. The number of hydrogen-bond donors (Lipinski definition) is 1. The van der Waals surface area contributed by atoms with Crippen LogP contribution in [0.1, 0.15) is 19.8 Å². The van der Waals surface area contributed by atoms with Gasteiger partial charge in [0.1, 0.15) is 22.3 Å². The van der Waals surface area contributed by atoms with E-state index in [1.165, 1.54) is 22.5 Å².